The molecule has 72 valence electrons. The first kappa shape index (κ1) is 9.08. The summed E-state index contributed by atoms with van der Waals surface area (Å²) in [5.74, 6) is -0.996. The number of aromatic nitrogens is 1. The monoisotopic (exact) mass is 255 g/mol. The second-order valence-corrected chi connectivity index (χ2v) is 3.61. The molecule has 0 aliphatic rings. The van der Waals surface area contributed by atoms with Crippen LogP contribution >= 0.6 is 15.9 Å². The maximum atomic E-state index is 10.9. The van der Waals surface area contributed by atoms with Gasteiger partial charge in [0, 0.05) is 5.39 Å². The molecule has 1 heterocycles. The Labute approximate surface area is 87.3 Å². The number of aromatic amines is 1. The molecule has 4 nitrogen and oxygen atoms in total. The first-order chi connectivity index (χ1) is 6.61. The standard InChI is InChI=1S/C9H6BrNO3/c10-8-6(9(13)14)4-2-1-3-5(12)7(4)11-8/h1-3,11-12H,(H,13,14). The molecule has 1 aromatic heterocycles. The predicted octanol–water partition coefficient (Wildman–Crippen LogP) is 2.33. The smallest absolute Gasteiger partial charge is 0.339 e. The number of nitrogens with one attached hydrogen (secondary N) is 1. The summed E-state index contributed by atoms with van der Waals surface area (Å²) in [5, 5.41) is 18.8. The van der Waals surface area contributed by atoms with Gasteiger partial charge in [-0.25, -0.2) is 4.79 Å². The van der Waals surface area contributed by atoms with Gasteiger partial charge >= 0.3 is 5.97 Å². The van der Waals surface area contributed by atoms with E-state index in [-0.39, 0.29) is 11.3 Å². The van der Waals surface area contributed by atoms with Gasteiger partial charge < -0.3 is 15.2 Å². The highest BCUT2D eigenvalue weighted by molar-refractivity contribution is 9.10. The minimum absolute atomic E-state index is 0.0377. The molecule has 3 N–H and O–H groups in total. The van der Waals surface area contributed by atoms with Crippen LogP contribution in [0.3, 0.4) is 0 Å². The van der Waals surface area contributed by atoms with Gasteiger partial charge in [-0.3, -0.25) is 0 Å². The number of hydrogen-bond acceptors (Lipinski definition) is 2. The van der Waals surface area contributed by atoms with Crippen LogP contribution in [-0.4, -0.2) is 21.2 Å². The number of rotatable bonds is 1. The van der Waals surface area contributed by atoms with E-state index >= 15 is 0 Å². The summed E-state index contributed by atoms with van der Waals surface area (Å²) in [6, 6.07) is 4.74. The van der Waals surface area contributed by atoms with E-state index in [0.717, 1.165) is 0 Å². The number of fused-ring (bicyclic) bond motifs is 1. The largest absolute Gasteiger partial charge is 0.506 e. The molecule has 2 aromatic rings. The van der Waals surface area contributed by atoms with Crippen LogP contribution in [0.4, 0.5) is 0 Å². The Morgan fingerprint density at radius 1 is 1.43 bits per heavy atom. The van der Waals surface area contributed by atoms with Crippen LogP contribution in [0, 0.1) is 0 Å². The van der Waals surface area contributed by atoms with Crippen LogP contribution < -0.4 is 0 Å². The Morgan fingerprint density at radius 3 is 2.79 bits per heavy atom. The van der Waals surface area contributed by atoms with Crippen molar-refractivity contribution in [1.29, 1.82) is 0 Å². The average molecular weight is 256 g/mol. The maximum Gasteiger partial charge on any atom is 0.339 e. The second-order valence-electron chi connectivity index (χ2n) is 2.82. The Balaban J connectivity index is 2.90. The number of carboxylic acid groups (broad SMARTS) is 1. The molecule has 0 bridgehead atoms. The van der Waals surface area contributed by atoms with Crippen LogP contribution in [0.5, 0.6) is 5.75 Å². The van der Waals surface area contributed by atoms with Crippen molar-refractivity contribution in [2.75, 3.05) is 0 Å². The third-order valence-electron chi connectivity index (χ3n) is 1.98. The fourth-order valence-corrected chi connectivity index (χ4v) is 1.96. The highest BCUT2D eigenvalue weighted by Gasteiger charge is 2.17. The first-order valence-electron chi connectivity index (χ1n) is 3.83. The molecule has 0 atom stereocenters. The van der Waals surface area contributed by atoms with E-state index in [0.29, 0.717) is 15.5 Å². The molecule has 0 saturated heterocycles. The number of H-pyrrole nitrogens is 1. The van der Waals surface area contributed by atoms with E-state index in [1.165, 1.54) is 6.07 Å². The highest BCUT2D eigenvalue weighted by atomic mass is 79.9. The van der Waals surface area contributed by atoms with Crippen LogP contribution in [0.15, 0.2) is 22.8 Å². The van der Waals surface area contributed by atoms with E-state index in [2.05, 4.69) is 20.9 Å². The molecule has 0 aliphatic carbocycles. The van der Waals surface area contributed by atoms with Gasteiger partial charge in [-0.1, -0.05) is 12.1 Å². The van der Waals surface area contributed by atoms with Gasteiger partial charge in [0.05, 0.1) is 15.7 Å². The Kier molecular flexibility index (Phi) is 1.96. The van der Waals surface area contributed by atoms with Crippen LogP contribution in [0.25, 0.3) is 10.9 Å². The lowest BCUT2D eigenvalue weighted by atomic mass is 10.2. The van der Waals surface area contributed by atoms with Crippen molar-refractivity contribution in [3.8, 4) is 5.75 Å². The van der Waals surface area contributed by atoms with E-state index < -0.39 is 5.97 Å². The van der Waals surface area contributed by atoms with Crippen molar-refractivity contribution >= 4 is 32.8 Å². The summed E-state index contributed by atoms with van der Waals surface area (Å²) >= 11 is 3.10. The summed E-state index contributed by atoms with van der Waals surface area (Å²) in [5.41, 5.74) is 0.563. The zero-order chi connectivity index (χ0) is 10.3. The molecule has 14 heavy (non-hydrogen) atoms. The number of phenolic OH excluding ortho intramolecular Hbond substituents is 1. The molecule has 0 unspecified atom stereocenters. The minimum atomic E-state index is -1.03. The van der Waals surface area contributed by atoms with Crippen LogP contribution in [0.2, 0.25) is 0 Å². The topological polar surface area (TPSA) is 73.3 Å². The Hall–Kier alpha value is -1.49. The third-order valence-corrected chi connectivity index (χ3v) is 2.57. The first-order valence-corrected chi connectivity index (χ1v) is 4.63. The van der Waals surface area contributed by atoms with Crippen molar-refractivity contribution < 1.29 is 15.0 Å². The van der Waals surface area contributed by atoms with Gasteiger partial charge in [0.1, 0.15) is 5.75 Å². The van der Waals surface area contributed by atoms with Crippen molar-refractivity contribution in [2.45, 2.75) is 0 Å². The van der Waals surface area contributed by atoms with Crippen LogP contribution in [0.1, 0.15) is 10.4 Å². The van der Waals surface area contributed by atoms with Crippen LogP contribution in [-0.2, 0) is 0 Å². The van der Waals surface area contributed by atoms with Crippen molar-refractivity contribution in [3.63, 3.8) is 0 Å². The summed E-state index contributed by atoms with van der Waals surface area (Å²) in [6.45, 7) is 0. The summed E-state index contributed by atoms with van der Waals surface area (Å²) in [6.07, 6.45) is 0. The minimum Gasteiger partial charge on any atom is -0.506 e. The van der Waals surface area contributed by atoms with Crippen molar-refractivity contribution in [2.24, 2.45) is 0 Å². The SMILES string of the molecule is O=C(O)c1c(Br)[nH]c2c(O)cccc12. The number of hydrogen-bond donors (Lipinski definition) is 3. The predicted molar refractivity (Wildman–Crippen MR) is 54.6 cm³/mol. The fraction of sp³-hybridized carbons (Fsp3) is 0. The Morgan fingerprint density at radius 2 is 2.14 bits per heavy atom. The van der Waals surface area contributed by atoms with E-state index in [9.17, 15) is 9.90 Å². The van der Waals surface area contributed by atoms with Gasteiger partial charge in [0.15, 0.2) is 0 Å². The third kappa shape index (κ3) is 1.17. The molecule has 0 aliphatic heterocycles. The number of phenols is 1. The lowest BCUT2D eigenvalue weighted by Crippen LogP contribution is -1.94. The highest BCUT2D eigenvalue weighted by Crippen LogP contribution is 2.31. The van der Waals surface area contributed by atoms with Gasteiger partial charge in [-0.2, -0.15) is 0 Å². The number of carbonyl (C=O) groups is 1. The van der Waals surface area contributed by atoms with E-state index in [1.54, 1.807) is 12.1 Å². The van der Waals surface area contributed by atoms with Gasteiger partial charge in [0.2, 0.25) is 0 Å². The number of aromatic hydroxyl groups is 1. The van der Waals surface area contributed by atoms with Gasteiger partial charge in [-0.15, -0.1) is 0 Å². The maximum absolute atomic E-state index is 10.9. The molecule has 0 spiro atoms. The summed E-state index contributed by atoms with van der Waals surface area (Å²) < 4.78 is 0.363. The average Bonchev–Trinajstić information content (AvgIpc) is 2.42. The van der Waals surface area contributed by atoms with E-state index in [1.807, 2.05) is 0 Å². The molecule has 5 heteroatoms. The number of para-hydroxylation sites is 1. The molecule has 0 fully saturated rings. The number of benzene rings is 1. The molecular weight excluding hydrogens is 250 g/mol. The normalized spacial score (nSPS) is 10.6. The number of aromatic carboxylic acids is 1. The number of carboxylic acids is 1. The lowest BCUT2D eigenvalue weighted by Gasteiger charge is -1.94. The van der Waals surface area contributed by atoms with Gasteiger partial charge in [0.25, 0.3) is 0 Å². The zero-order valence-corrected chi connectivity index (χ0v) is 8.50. The van der Waals surface area contributed by atoms with E-state index in [4.69, 9.17) is 5.11 Å². The molecule has 0 saturated carbocycles. The number of halogens is 1. The zero-order valence-electron chi connectivity index (χ0n) is 6.91. The molecule has 1 aromatic carbocycles. The summed E-state index contributed by atoms with van der Waals surface area (Å²) in [7, 11) is 0. The molecular formula is C9H6BrNO3. The fourth-order valence-electron chi connectivity index (χ4n) is 1.38. The Bertz CT molecular complexity index is 518. The summed E-state index contributed by atoms with van der Waals surface area (Å²) in [4.78, 5) is 13.6. The molecule has 2 rings (SSSR count). The van der Waals surface area contributed by atoms with Crippen molar-refractivity contribution in [1.82, 2.24) is 4.98 Å². The molecule has 0 amide bonds. The van der Waals surface area contributed by atoms with Crippen molar-refractivity contribution in [3.05, 3.63) is 28.4 Å². The quantitative estimate of drug-likeness (QED) is 0.733. The second kappa shape index (κ2) is 3.02. The molecule has 0 radical (unpaired) electrons. The lowest BCUT2D eigenvalue weighted by molar-refractivity contribution is 0.0698. The van der Waals surface area contributed by atoms with Gasteiger partial charge in [-0.05, 0) is 22.0 Å².